The van der Waals surface area contributed by atoms with Gasteiger partial charge in [0.1, 0.15) is 6.04 Å². The number of ether oxygens (including phenoxy) is 2. The zero-order chi connectivity index (χ0) is 12.7. The highest BCUT2D eigenvalue weighted by Crippen LogP contribution is 2.43. The molecular weight excluding hydrogens is 232 g/mol. The summed E-state index contributed by atoms with van der Waals surface area (Å²) in [4.78, 5) is 14.1. The highest BCUT2D eigenvalue weighted by atomic mass is 16.5. The molecule has 18 heavy (non-hydrogen) atoms. The largest absolute Gasteiger partial charge is 0.493 e. The van der Waals surface area contributed by atoms with Crippen molar-refractivity contribution >= 4 is 17.3 Å². The van der Waals surface area contributed by atoms with E-state index in [-0.39, 0.29) is 11.9 Å². The minimum atomic E-state index is -0.0319. The van der Waals surface area contributed by atoms with Crippen LogP contribution < -0.4 is 19.7 Å². The summed E-state index contributed by atoms with van der Waals surface area (Å²) in [5, 5.41) is 2.94. The standard InChI is InChI=1S/C13H16N2O3/c1-17-11-6-8-10(7-12(11)18-2)15-5-3-4-9(15)13(16)14-8/h6-7,9H,3-5H2,1-2H3,(H,14,16). The summed E-state index contributed by atoms with van der Waals surface area (Å²) in [5.74, 6) is 1.40. The van der Waals surface area contributed by atoms with Crippen LogP contribution >= 0.6 is 0 Å². The third-order valence-electron chi connectivity index (χ3n) is 3.62. The molecule has 96 valence electrons. The Morgan fingerprint density at radius 2 is 2.00 bits per heavy atom. The van der Waals surface area contributed by atoms with E-state index in [9.17, 15) is 4.79 Å². The van der Waals surface area contributed by atoms with E-state index in [4.69, 9.17) is 9.47 Å². The van der Waals surface area contributed by atoms with Crippen LogP contribution in [0.4, 0.5) is 11.4 Å². The first-order valence-electron chi connectivity index (χ1n) is 6.08. The van der Waals surface area contributed by atoms with E-state index >= 15 is 0 Å². The highest BCUT2D eigenvalue weighted by Gasteiger charge is 2.36. The molecule has 1 atom stereocenters. The summed E-state index contributed by atoms with van der Waals surface area (Å²) >= 11 is 0. The van der Waals surface area contributed by atoms with Crippen molar-refractivity contribution in [1.82, 2.24) is 0 Å². The van der Waals surface area contributed by atoms with Crippen LogP contribution in [0.5, 0.6) is 11.5 Å². The van der Waals surface area contributed by atoms with Gasteiger partial charge < -0.3 is 19.7 Å². The third-order valence-corrected chi connectivity index (χ3v) is 3.62. The second-order valence-electron chi connectivity index (χ2n) is 4.57. The molecule has 2 heterocycles. The van der Waals surface area contributed by atoms with Gasteiger partial charge in [0.25, 0.3) is 0 Å². The van der Waals surface area contributed by atoms with Gasteiger partial charge in [0, 0.05) is 18.7 Å². The van der Waals surface area contributed by atoms with Crippen molar-refractivity contribution in [1.29, 1.82) is 0 Å². The summed E-state index contributed by atoms with van der Waals surface area (Å²) in [6, 6.07) is 3.72. The number of carbonyl (C=O) groups excluding carboxylic acids is 1. The molecule has 5 heteroatoms. The molecule has 1 amide bonds. The quantitative estimate of drug-likeness (QED) is 0.864. The minimum absolute atomic E-state index is 0.0319. The fourth-order valence-corrected chi connectivity index (χ4v) is 2.75. The van der Waals surface area contributed by atoms with Crippen molar-refractivity contribution in [3.8, 4) is 11.5 Å². The molecule has 0 bridgehead atoms. The summed E-state index contributed by atoms with van der Waals surface area (Å²) in [6.45, 7) is 0.917. The lowest BCUT2D eigenvalue weighted by Gasteiger charge is -2.33. The van der Waals surface area contributed by atoms with Gasteiger partial charge in [0.15, 0.2) is 11.5 Å². The van der Waals surface area contributed by atoms with Crippen molar-refractivity contribution in [2.45, 2.75) is 18.9 Å². The minimum Gasteiger partial charge on any atom is -0.493 e. The van der Waals surface area contributed by atoms with Gasteiger partial charge in [0.05, 0.1) is 25.6 Å². The zero-order valence-electron chi connectivity index (χ0n) is 10.5. The predicted octanol–water partition coefficient (Wildman–Crippen LogP) is 1.62. The second kappa shape index (κ2) is 4.08. The fourth-order valence-electron chi connectivity index (χ4n) is 2.75. The van der Waals surface area contributed by atoms with Crippen molar-refractivity contribution in [2.75, 3.05) is 31.0 Å². The maximum absolute atomic E-state index is 12.0. The fraction of sp³-hybridized carbons (Fsp3) is 0.462. The molecule has 0 spiro atoms. The number of benzene rings is 1. The van der Waals surface area contributed by atoms with E-state index in [1.54, 1.807) is 14.2 Å². The van der Waals surface area contributed by atoms with E-state index in [1.807, 2.05) is 12.1 Å². The van der Waals surface area contributed by atoms with E-state index in [2.05, 4.69) is 10.2 Å². The number of hydrogen-bond donors (Lipinski definition) is 1. The SMILES string of the molecule is COc1cc2c(cc1OC)N1CCCC1C(=O)N2. The van der Waals surface area contributed by atoms with Gasteiger partial charge in [-0.15, -0.1) is 0 Å². The molecule has 1 unspecified atom stereocenters. The molecule has 5 nitrogen and oxygen atoms in total. The monoisotopic (exact) mass is 248 g/mol. The Bertz CT molecular complexity index is 501. The molecule has 1 aromatic rings. The average Bonchev–Trinajstić information content (AvgIpc) is 2.87. The summed E-state index contributed by atoms with van der Waals surface area (Å²) in [5.41, 5.74) is 1.82. The Morgan fingerprint density at radius 3 is 2.72 bits per heavy atom. The number of fused-ring (bicyclic) bond motifs is 3. The summed E-state index contributed by atoms with van der Waals surface area (Å²) < 4.78 is 10.6. The van der Waals surface area contributed by atoms with Crippen molar-refractivity contribution in [3.05, 3.63) is 12.1 Å². The Labute approximate surface area is 106 Å². The van der Waals surface area contributed by atoms with Crippen LogP contribution in [0.1, 0.15) is 12.8 Å². The van der Waals surface area contributed by atoms with Crippen LogP contribution in [-0.2, 0) is 4.79 Å². The van der Waals surface area contributed by atoms with Crippen LogP contribution in [0.25, 0.3) is 0 Å². The molecule has 0 radical (unpaired) electrons. The number of hydrogen-bond acceptors (Lipinski definition) is 4. The summed E-state index contributed by atoms with van der Waals surface area (Å²) in [6.07, 6.45) is 1.96. The van der Waals surface area contributed by atoms with Crippen LogP contribution in [0.2, 0.25) is 0 Å². The Hall–Kier alpha value is -1.91. The molecule has 0 aliphatic carbocycles. The van der Waals surface area contributed by atoms with Gasteiger partial charge in [-0.3, -0.25) is 4.79 Å². The third kappa shape index (κ3) is 1.50. The number of methoxy groups -OCH3 is 2. The molecule has 2 aliphatic rings. The van der Waals surface area contributed by atoms with Gasteiger partial charge >= 0.3 is 0 Å². The lowest BCUT2D eigenvalue weighted by atomic mass is 10.1. The van der Waals surface area contributed by atoms with Crippen molar-refractivity contribution < 1.29 is 14.3 Å². The number of anilines is 2. The normalized spacial score (nSPS) is 21.1. The zero-order valence-corrected chi connectivity index (χ0v) is 10.5. The molecule has 3 rings (SSSR count). The molecule has 1 saturated heterocycles. The van der Waals surface area contributed by atoms with Gasteiger partial charge in [-0.2, -0.15) is 0 Å². The van der Waals surface area contributed by atoms with Gasteiger partial charge in [0.2, 0.25) is 5.91 Å². The summed E-state index contributed by atoms with van der Waals surface area (Å²) in [7, 11) is 3.21. The maximum atomic E-state index is 12.0. The molecule has 2 aliphatic heterocycles. The first-order chi connectivity index (χ1) is 8.74. The predicted molar refractivity (Wildman–Crippen MR) is 68.5 cm³/mol. The smallest absolute Gasteiger partial charge is 0.247 e. The average molecular weight is 248 g/mol. The van der Waals surface area contributed by atoms with Crippen LogP contribution in [0.15, 0.2) is 12.1 Å². The number of nitrogens with zero attached hydrogens (tertiary/aromatic N) is 1. The van der Waals surface area contributed by atoms with E-state index in [1.165, 1.54) is 0 Å². The topological polar surface area (TPSA) is 50.8 Å². The van der Waals surface area contributed by atoms with Crippen molar-refractivity contribution in [2.24, 2.45) is 0 Å². The first-order valence-corrected chi connectivity index (χ1v) is 6.08. The number of rotatable bonds is 2. The van der Waals surface area contributed by atoms with Crippen LogP contribution in [0, 0.1) is 0 Å². The molecular formula is C13H16N2O3. The van der Waals surface area contributed by atoms with E-state index in [0.29, 0.717) is 11.5 Å². The Kier molecular flexibility index (Phi) is 2.54. The molecule has 0 aromatic heterocycles. The van der Waals surface area contributed by atoms with Crippen LogP contribution in [0.3, 0.4) is 0 Å². The van der Waals surface area contributed by atoms with Gasteiger partial charge in [-0.1, -0.05) is 0 Å². The first kappa shape index (κ1) is 11.2. The van der Waals surface area contributed by atoms with E-state index in [0.717, 1.165) is 30.8 Å². The Morgan fingerprint density at radius 1 is 1.28 bits per heavy atom. The number of nitrogens with one attached hydrogen (secondary N) is 1. The molecule has 0 saturated carbocycles. The molecule has 1 aromatic carbocycles. The molecule has 1 N–H and O–H groups in total. The van der Waals surface area contributed by atoms with Gasteiger partial charge in [-0.25, -0.2) is 0 Å². The maximum Gasteiger partial charge on any atom is 0.247 e. The van der Waals surface area contributed by atoms with Crippen LogP contribution in [-0.4, -0.2) is 32.7 Å². The van der Waals surface area contributed by atoms with E-state index < -0.39 is 0 Å². The second-order valence-corrected chi connectivity index (χ2v) is 4.57. The lowest BCUT2D eigenvalue weighted by Crippen LogP contribution is -2.43. The number of carbonyl (C=O) groups is 1. The number of amides is 1. The molecule has 1 fully saturated rings. The highest BCUT2D eigenvalue weighted by molar-refractivity contribution is 6.04. The van der Waals surface area contributed by atoms with Gasteiger partial charge in [-0.05, 0) is 12.8 Å². The Balaban J connectivity index is 2.10. The lowest BCUT2D eigenvalue weighted by molar-refractivity contribution is -0.117. The van der Waals surface area contributed by atoms with Crippen molar-refractivity contribution in [3.63, 3.8) is 0 Å².